The molecule has 1 aliphatic heterocycles. The maximum Gasteiger partial charge on any atom is 0.273 e. The first-order chi connectivity index (χ1) is 16.7. The van der Waals surface area contributed by atoms with E-state index < -0.39 is 11.8 Å². The van der Waals surface area contributed by atoms with E-state index in [1.54, 1.807) is 26.3 Å². The maximum atomic E-state index is 14.1. The highest BCUT2D eigenvalue weighted by molar-refractivity contribution is 6.04. The lowest BCUT2D eigenvalue weighted by molar-refractivity contribution is -0.113. The summed E-state index contributed by atoms with van der Waals surface area (Å²) in [6.45, 7) is 5.20. The third-order valence-electron chi connectivity index (χ3n) is 6.06. The second-order valence-corrected chi connectivity index (χ2v) is 8.44. The number of methoxy groups -OCH3 is 1. The predicted octanol–water partition coefficient (Wildman–Crippen LogP) is 5.63. The minimum absolute atomic E-state index is 0.130. The van der Waals surface area contributed by atoms with E-state index in [4.69, 9.17) is 4.74 Å². The largest absolute Gasteiger partial charge is 0.496 e. The van der Waals surface area contributed by atoms with Crippen molar-refractivity contribution >= 4 is 11.6 Å². The lowest BCUT2D eigenvalue weighted by Gasteiger charge is -2.18. The number of nitrogens with one attached hydrogen (secondary N) is 3. The number of carbonyl (C=O) groups excluding carboxylic acids is 1. The fourth-order valence-corrected chi connectivity index (χ4v) is 4.06. The Bertz CT molecular complexity index is 1290. The molecule has 4 rings (SSSR count). The molecule has 1 unspecified atom stereocenters. The van der Waals surface area contributed by atoms with Gasteiger partial charge >= 0.3 is 0 Å². The zero-order valence-electron chi connectivity index (χ0n) is 20.1. The minimum Gasteiger partial charge on any atom is -0.496 e. The number of aryl methyl sites for hydroxylation is 1. The molecule has 0 fully saturated rings. The van der Waals surface area contributed by atoms with Gasteiger partial charge in [-0.05, 0) is 55.3 Å². The van der Waals surface area contributed by atoms with Crippen LogP contribution >= 0.6 is 0 Å². The van der Waals surface area contributed by atoms with Gasteiger partial charge in [0.1, 0.15) is 17.6 Å². The molecule has 2 heterocycles. The number of ether oxygens (including phenoxy) is 1. The average molecular weight is 479 g/mol. The summed E-state index contributed by atoms with van der Waals surface area (Å²) >= 11 is 0. The molecule has 0 saturated carbocycles. The molecule has 0 aliphatic carbocycles. The molecule has 0 saturated heterocycles. The zero-order chi connectivity index (χ0) is 25.2. The quantitative estimate of drug-likeness (QED) is 0.410. The van der Waals surface area contributed by atoms with Gasteiger partial charge in [-0.3, -0.25) is 9.78 Å². The van der Waals surface area contributed by atoms with Crippen molar-refractivity contribution in [1.82, 2.24) is 15.6 Å². The Labute approximate surface area is 203 Å². The minimum atomic E-state index is -2.95. The van der Waals surface area contributed by atoms with Crippen molar-refractivity contribution in [2.75, 3.05) is 12.4 Å². The smallest absolute Gasteiger partial charge is 0.273 e. The third-order valence-corrected chi connectivity index (χ3v) is 6.06. The molecule has 0 bridgehead atoms. The van der Waals surface area contributed by atoms with Crippen molar-refractivity contribution in [2.24, 2.45) is 0 Å². The molecular weight excluding hydrogens is 450 g/mol. The van der Waals surface area contributed by atoms with Crippen LogP contribution in [0.25, 0.3) is 11.3 Å². The van der Waals surface area contributed by atoms with E-state index >= 15 is 0 Å². The van der Waals surface area contributed by atoms with Gasteiger partial charge in [0.25, 0.3) is 11.8 Å². The normalized spacial score (nSPS) is 15.4. The molecule has 182 valence electrons. The van der Waals surface area contributed by atoms with Crippen LogP contribution < -0.4 is 20.7 Å². The number of halogens is 2. The van der Waals surface area contributed by atoms with Gasteiger partial charge in [0.15, 0.2) is 0 Å². The summed E-state index contributed by atoms with van der Waals surface area (Å²) in [7, 11) is 1.61. The number of anilines is 1. The van der Waals surface area contributed by atoms with Crippen molar-refractivity contribution in [1.29, 1.82) is 0 Å². The topological polar surface area (TPSA) is 75.3 Å². The molecule has 35 heavy (non-hydrogen) atoms. The number of pyridine rings is 1. The number of hydrogen-bond acceptors (Lipinski definition) is 5. The molecule has 1 aromatic heterocycles. The third kappa shape index (κ3) is 4.96. The van der Waals surface area contributed by atoms with Crippen LogP contribution in [0.4, 0.5) is 14.5 Å². The molecule has 3 aromatic rings. The van der Waals surface area contributed by atoms with Gasteiger partial charge in [-0.15, -0.1) is 0 Å². The van der Waals surface area contributed by atoms with Gasteiger partial charge in [0.2, 0.25) is 0 Å². The van der Waals surface area contributed by atoms with Crippen LogP contribution in [0.2, 0.25) is 0 Å². The molecule has 2 aromatic carbocycles. The number of rotatable bonds is 7. The Hall–Kier alpha value is -3.94. The first-order valence-electron chi connectivity index (χ1n) is 11.4. The van der Waals surface area contributed by atoms with Crippen LogP contribution in [0.3, 0.4) is 0 Å². The number of alkyl halides is 2. The van der Waals surface area contributed by atoms with Crippen LogP contribution in [0.5, 0.6) is 5.75 Å². The summed E-state index contributed by atoms with van der Waals surface area (Å²) in [5.74, 6) is -2.67. The van der Waals surface area contributed by atoms with Gasteiger partial charge in [-0.25, -0.2) is 8.78 Å². The Morgan fingerprint density at radius 3 is 2.63 bits per heavy atom. The number of allylic oxidation sites excluding steroid dienone is 1. The molecular formula is C27H28F2N4O2. The molecule has 1 atom stereocenters. The molecule has 1 amide bonds. The predicted molar refractivity (Wildman–Crippen MR) is 132 cm³/mol. The van der Waals surface area contributed by atoms with Crippen LogP contribution in [-0.2, 0) is 10.7 Å². The van der Waals surface area contributed by atoms with E-state index in [9.17, 15) is 13.6 Å². The number of nitrogens with zero attached hydrogens (tertiary/aromatic N) is 1. The summed E-state index contributed by atoms with van der Waals surface area (Å²) in [5.41, 5.74) is 4.73. The first-order valence-corrected chi connectivity index (χ1v) is 11.4. The lowest BCUT2D eigenvalue weighted by Crippen LogP contribution is -2.27. The number of hydrogen-bond donors (Lipinski definition) is 3. The highest BCUT2D eigenvalue weighted by atomic mass is 19.3. The van der Waals surface area contributed by atoms with Gasteiger partial charge in [0, 0.05) is 35.1 Å². The Kier molecular flexibility index (Phi) is 6.73. The fraction of sp³-hybridized carbons (Fsp3) is 0.259. The molecule has 3 N–H and O–H groups in total. The SMILES string of the molecule is CCC(F)(F)c1cccc(NC(=O)C2=C(C)NC(c3ccc(OC)c(-c4ncccc4C)c3)N2)c1. The van der Waals surface area contributed by atoms with Gasteiger partial charge in [0.05, 0.1) is 12.8 Å². The highest BCUT2D eigenvalue weighted by Crippen LogP contribution is 2.35. The van der Waals surface area contributed by atoms with Crippen LogP contribution in [0.1, 0.15) is 43.1 Å². The molecule has 1 aliphatic rings. The molecule has 8 heteroatoms. The summed E-state index contributed by atoms with van der Waals surface area (Å²) < 4.78 is 33.7. The molecule has 0 spiro atoms. The van der Waals surface area contributed by atoms with E-state index in [-0.39, 0.29) is 18.2 Å². The standard InChI is InChI=1S/C27H28F2N4O2/c1-5-27(28,29)19-9-6-10-20(15-19)32-26(34)24-17(3)31-25(33-24)18-11-12-22(35-4)21(14-18)23-16(2)8-7-13-30-23/h6-15,25,31,33H,5H2,1-4H3,(H,32,34). The number of benzene rings is 2. The van der Waals surface area contributed by atoms with Crippen molar-refractivity contribution in [2.45, 2.75) is 39.3 Å². The van der Waals surface area contributed by atoms with E-state index in [0.29, 0.717) is 22.8 Å². The number of amides is 1. The Morgan fingerprint density at radius 1 is 1.11 bits per heavy atom. The van der Waals surface area contributed by atoms with Crippen molar-refractivity contribution < 1.29 is 18.3 Å². The number of aromatic nitrogens is 1. The second kappa shape index (κ2) is 9.74. The van der Waals surface area contributed by atoms with Crippen molar-refractivity contribution in [3.8, 4) is 17.0 Å². The average Bonchev–Trinajstić information content (AvgIpc) is 3.26. The fourth-order valence-electron chi connectivity index (χ4n) is 4.06. The summed E-state index contributed by atoms with van der Waals surface area (Å²) in [6, 6.07) is 15.4. The lowest BCUT2D eigenvalue weighted by atomic mass is 10.0. The van der Waals surface area contributed by atoms with Crippen molar-refractivity contribution in [3.63, 3.8) is 0 Å². The van der Waals surface area contributed by atoms with Crippen molar-refractivity contribution in [3.05, 3.63) is 88.9 Å². The van der Waals surface area contributed by atoms with E-state index in [0.717, 1.165) is 22.4 Å². The number of carbonyl (C=O) groups is 1. The van der Waals surface area contributed by atoms with E-state index in [1.165, 1.54) is 25.1 Å². The summed E-state index contributed by atoms with van der Waals surface area (Å²) in [6.07, 6.45) is 1.06. The zero-order valence-corrected chi connectivity index (χ0v) is 20.1. The van der Waals surface area contributed by atoms with E-state index in [1.807, 2.05) is 37.3 Å². The van der Waals surface area contributed by atoms with E-state index in [2.05, 4.69) is 20.9 Å². The monoisotopic (exact) mass is 478 g/mol. The summed E-state index contributed by atoms with van der Waals surface area (Å²) in [5, 5.41) is 9.22. The highest BCUT2D eigenvalue weighted by Gasteiger charge is 2.30. The Balaban J connectivity index is 1.54. The van der Waals surface area contributed by atoms with Crippen LogP contribution in [0, 0.1) is 6.92 Å². The first kappa shape index (κ1) is 24.2. The van der Waals surface area contributed by atoms with Gasteiger partial charge < -0.3 is 20.7 Å². The second-order valence-electron chi connectivity index (χ2n) is 8.44. The summed E-state index contributed by atoms with van der Waals surface area (Å²) in [4.78, 5) is 17.5. The molecule has 6 nitrogen and oxygen atoms in total. The van der Waals surface area contributed by atoms with Crippen LogP contribution in [0.15, 0.2) is 72.2 Å². The molecule has 0 radical (unpaired) electrons. The van der Waals surface area contributed by atoms with Crippen LogP contribution in [-0.4, -0.2) is 18.0 Å². The van der Waals surface area contributed by atoms with Gasteiger partial charge in [-0.2, -0.15) is 0 Å². The van der Waals surface area contributed by atoms with Gasteiger partial charge in [-0.1, -0.05) is 31.2 Å². The Morgan fingerprint density at radius 2 is 1.91 bits per heavy atom. The maximum absolute atomic E-state index is 14.1.